The number of aliphatic hydroxyl groups excluding tert-OH is 1. The molecular formula is C15H25AlN5O2+3. The molecule has 0 saturated heterocycles. The first kappa shape index (κ1) is 21.4. The SMILES string of the molecule is COCC(C)O.N=C(N=C(N)N)N1CCc2ccccc2C1.[Al+3]. The van der Waals surface area contributed by atoms with Gasteiger partial charge in [0.05, 0.1) is 12.7 Å². The van der Waals surface area contributed by atoms with Crippen molar-refractivity contribution >= 4 is 29.3 Å². The first-order chi connectivity index (χ1) is 10.4. The average molecular weight is 334 g/mol. The predicted octanol–water partition coefficient (Wildman–Crippen LogP) is -0.114. The van der Waals surface area contributed by atoms with Crippen molar-refractivity contribution in [2.24, 2.45) is 16.5 Å². The normalized spacial score (nSPS) is 13.6. The molecule has 2 rings (SSSR count). The summed E-state index contributed by atoms with van der Waals surface area (Å²) in [5.41, 5.74) is 13.1. The van der Waals surface area contributed by atoms with Crippen LogP contribution < -0.4 is 11.5 Å². The average Bonchev–Trinajstić information content (AvgIpc) is 2.46. The van der Waals surface area contributed by atoms with Crippen LogP contribution in [0.25, 0.3) is 0 Å². The van der Waals surface area contributed by atoms with Crippen molar-refractivity contribution in [3.05, 3.63) is 35.4 Å². The van der Waals surface area contributed by atoms with Crippen molar-refractivity contribution in [1.29, 1.82) is 5.41 Å². The Bertz CT molecular complexity index is 518. The van der Waals surface area contributed by atoms with Crippen LogP contribution in [0.5, 0.6) is 0 Å². The second kappa shape index (κ2) is 11.0. The maximum atomic E-state index is 8.43. The van der Waals surface area contributed by atoms with Gasteiger partial charge in [0, 0.05) is 20.2 Å². The zero-order chi connectivity index (χ0) is 16.5. The first-order valence-electron chi connectivity index (χ1n) is 7.11. The summed E-state index contributed by atoms with van der Waals surface area (Å²) in [6.07, 6.45) is 0.605. The number of nitrogens with one attached hydrogen (secondary N) is 1. The molecule has 6 N–H and O–H groups in total. The number of methoxy groups -OCH3 is 1. The molecule has 1 atom stereocenters. The van der Waals surface area contributed by atoms with Gasteiger partial charge in [0.25, 0.3) is 0 Å². The smallest absolute Gasteiger partial charge is 0.391 e. The molecule has 1 aromatic rings. The Hall–Kier alpha value is -1.59. The summed E-state index contributed by atoms with van der Waals surface area (Å²) in [7, 11) is 1.56. The van der Waals surface area contributed by atoms with Crippen LogP contribution >= 0.6 is 0 Å². The van der Waals surface area contributed by atoms with Gasteiger partial charge in [-0.15, -0.1) is 0 Å². The molecule has 122 valence electrons. The van der Waals surface area contributed by atoms with E-state index in [0.29, 0.717) is 13.2 Å². The number of benzene rings is 1. The second-order valence-electron chi connectivity index (χ2n) is 5.10. The van der Waals surface area contributed by atoms with E-state index in [2.05, 4.69) is 21.9 Å². The predicted molar refractivity (Wildman–Crippen MR) is 93.4 cm³/mol. The second-order valence-corrected chi connectivity index (χ2v) is 5.10. The Balaban J connectivity index is 0.000000599. The third kappa shape index (κ3) is 8.00. The largest absolute Gasteiger partial charge is 3.00 e. The molecule has 1 unspecified atom stereocenters. The van der Waals surface area contributed by atoms with Gasteiger partial charge in [0.2, 0.25) is 5.96 Å². The molecule has 7 nitrogen and oxygen atoms in total. The van der Waals surface area contributed by atoms with Crippen LogP contribution in [0, 0.1) is 5.41 Å². The van der Waals surface area contributed by atoms with Gasteiger partial charge >= 0.3 is 17.4 Å². The summed E-state index contributed by atoms with van der Waals surface area (Å²) < 4.78 is 4.55. The molecule has 1 heterocycles. The third-order valence-electron chi connectivity index (χ3n) is 3.07. The summed E-state index contributed by atoms with van der Waals surface area (Å²) in [6.45, 7) is 3.60. The molecule has 0 bridgehead atoms. The zero-order valence-electron chi connectivity index (χ0n) is 13.7. The van der Waals surface area contributed by atoms with Crippen LogP contribution in [-0.4, -0.2) is 65.7 Å². The summed E-state index contributed by atoms with van der Waals surface area (Å²) >= 11 is 0. The van der Waals surface area contributed by atoms with Crippen LogP contribution in [0.15, 0.2) is 29.3 Å². The molecular weight excluding hydrogens is 309 g/mol. The Morgan fingerprint density at radius 2 is 2.00 bits per heavy atom. The van der Waals surface area contributed by atoms with E-state index < -0.39 is 0 Å². The zero-order valence-corrected chi connectivity index (χ0v) is 14.9. The number of nitrogens with two attached hydrogens (primary N) is 2. The number of aliphatic imine (C=N–C) groups is 1. The van der Waals surface area contributed by atoms with Crippen LogP contribution in [0.3, 0.4) is 0 Å². The summed E-state index contributed by atoms with van der Waals surface area (Å²) in [4.78, 5) is 5.62. The van der Waals surface area contributed by atoms with Crippen molar-refractivity contribution in [1.82, 2.24) is 4.90 Å². The van der Waals surface area contributed by atoms with Crippen LogP contribution in [0.2, 0.25) is 0 Å². The van der Waals surface area contributed by atoms with E-state index >= 15 is 0 Å². The minimum atomic E-state index is -0.324. The number of nitrogens with zero attached hydrogens (tertiary/aromatic N) is 2. The quantitative estimate of drug-likeness (QED) is 0.341. The molecule has 0 amide bonds. The maximum Gasteiger partial charge on any atom is 3.00 e. The molecule has 0 fully saturated rings. The molecule has 8 heteroatoms. The Morgan fingerprint density at radius 3 is 2.48 bits per heavy atom. The molecule has 0 radical (unpaired) electrons. The topological polar surface area (TPSA) is 121 Å². The number of hydrogen-bond acceptors (Lipinski definition) is 3. The fraction of sp³-hybridized carbons (Fsp3) is 0.467. The minimum absolute atomic E-state index is 0. The maximum absolute atomic E-state index is 8.43. The van der Waals surface area contributed by atoms with Crippen LogP contribution in [0.4, 0.5) is 0 Å². The van der Waals surface area contributed by atoms with E-state index in [4.69, 9.17) is 22.0 Å². The molecule has 23 heavy (non-hydrogen) atoms. The Labute approximate surface area is 148 Å². The molecule has 0 saturated carbocycles. The number of guanidine groups is 2. The minimum Gasteiger partial charge on any atom is -0.391 e. The number of aliphatic hydroxyl groups is 1. The van der Waals surface area contributed by atoms with Crippen LogP contribution in [0.1, 0.15) is 18.1 Å². The van der Waals surface area contributed by atoms with Crippen molar-refractivity contribution < 1.29 is 9.84 Å². The van der Waals surface area contributed by atoms with Gasteiger partial charge in [0.1, 0.15) is 0 Å². The van der Waals surface area contributed by atoms with Gasteiger partial charge in [0.15, 0.2) is 5.96 Å². The van der Waals surface area contributed by atoms with E-state index in [9.17, 15) is 0 Å². The van der Waals surface area contributed by atoms with Gasteiger partial charge < -0.3 is 26.2 Å². The number of hydrogen-bond donors (Lipinski definition) is 4. The van der Waals surface area contributed by atoms with Gasteiger partial charge in [-0.3, -0.25) is 5.41 Å². The van der Waals surface area contributed by atoms with E-state index in [1.165, 1.54) is 11.1 Å². The summed E-state index contributed by atoms with van der Waals surface area (Å²) in [5, 5.41) is 16.2. The Kier molecular flexibility index (Phi) is 10.3. The monoisotopic (exact) mass is 334 g/mol. The fourth-order valence-corrected chi connectivity index (χ4v) is 2.11. The fourth-order valence-electron chi connectivity index (χ4n) is 2.11. The van der Waals surface area contributed by atoms with Gasteiger partial charge in [-0.1, -0.05) is 24.3 Å². The molecule has 0 aliphatic carbocycles. The molecule has 0 spiro atoms. The molecule has 1 aromatic carbocycles. The van der Waals surface area contributed by atoms with Gasteiger partial charge in [-0.2, -0.15) is 4.99 Å². The molecule has 0 aromatic heterocycles. The molecule has 1 aliphatic heterocycles. The van der Waals surface area contributed by atoms with Crippen molar-refractivity contribution in [2.45, 2.75) is 26.0 Å². The van der Waals surface area contributed by atoms with E-state index in [0.717, 1.165) is 13.0 Å². The number of rotatable bonds is 2. The van der Waals surface area contributed by atoms with Crippen LogP contribution in [-0.2, 0) is 17.7 Å². The Morgan fingerprint density at radius 1 is 1.39 bits per heavy atom. The van der Waals surface area contributed by atoms with E-state index in [-0.39, 0.29) is 35.4 Å². The van der Waals surface area contributed by atoms with E-state index in [1.807, 2.05) is 17.0 Å². The van der Waals surface area contributed by atoms with Crippen molar-refractivity contribution in [3.63, 3.8) is 0 Å². The van der Waals surface area contributed by atoms with Crippen molar-refractivity contribution in [3.8, 4) is 0 Å². The number of ether oxygens (including phenoxy) is 1. The van der Waals surface area contributed by atoms with Crippen molar-refractivity contribution in [2.75, 3.05) is 20.3 Å². The standard InChI is InChI=1S/C11H15N5.C4H10O2.Al/c12-10(13)15-11(14)16-6-5-8-3-1-2-4-9(8)7-16;1-4(5)3-6-2;/h1-4H,5-7H2,(H5,12,13,14,15);4-5H,3H2,1-2H3;/q;;+3. The van der Waals surface area contributed by atoms with E-state index in [1.54, 1.807) is 14.0 Å². The third-order valence-corrected chi connectivity index (χ3v) is 3.07. The van der Waals surface area contributed by atoms with Gasteiger partial charge in [-0.05, 0) is 24.5 Å². The molecule has 1 aliphatic rings. The summed E-state index contributed by atoms with van der Waals surface area (Å²) in [5.74, 6) is 0.0679. The van der Waals surface area contributed by atoms with Gasteiger partial charge in [-0.25, -0.2) is 0 Å². The first-order valence-corrected chi connectivity index (χ1v) is 7.11. The summed E-state index contributed by atoms with van der Waals surface area (Å²) in [6, 6.07) is 8.24. The number of fused-ring (bicyclic) bond motifs is 1.